The number of rotatable bonds is 6. The van der Waals surface area contributed by atoms with E-state index < -0.39 is 21.8 Å². The van der Waals surface area contributed by atoms with Crippen molar-refractivity contribution in [2.24, 2.45) is 5.92 Å². The van der Waals surface area contributed by atoms with Gasteiger partial charge in [-0.05, 0) is 66.8 Å². The maximum Gasteiger partial charge on any atom is 0.313 e. The van der Waals surface area contributed by atoms with Crippen molar-refractivity contribution >= 4 is 50.5 Å². The molecule has 0 bridgehead atoms. The van der Waals surface area contributed by atoms with E-state index >= 15 is 0 Å². The fraction of sp³-hybridized carbons (Fsp3) is 0.360. The van der Waals surface area contributed by atoms with Crippen molar-refractivity contribution in [3.63, 3.8) is 0 Å². The van der Waals surface area contributed by atoms with Gasteiger partial charge in [0.2, 0.25) is 5.95 Å². The van der Waals surface area contributed by atoms with Crippen LogP contribution in [0.25, 0.3) is 0 Å². The monoisotopic (exact) mass is 540 g/mol. The predicted molar refractivity (Wildman–Crippen MR) is 142 cm³/mol. The normalized spacial score (nSPS) is 16.2. The second-order valence-corrected chi connectivity index (χ2v) is 12.1. The Morgan fingerprint density at radius 2 is 1.81 bits per heavy atom. The number of hydrogen-bond donors (Lipinski definition) is 2. The summed E-state index contributed by atoms with van der Waals surface area (Å²) in [6.45, 7) is 2.35. The Bertz CT molecular complexity index is 1360. The van der Waals surface area contributed by atoms with Crippen LogP contribution in [0.15, 0.2) is 58.4 Å². The van der Waals surface area contributed by atoms with Crippen LogP contribution in [0.4, 0.5) is 17.3 Å². The number of benzene rings is 1. The first-order valence-corrected chi connectivity index (χ1v) is 14.5. The molecule has 0 spiro atoms. The van der Waals surface area contributed by atoms with Gasteiger partial charge in [0, 0.05) is 44.3 Å². The van der Waals surface area contributed by atoms with Crippen LogP contribution in [-0.2, 0) is 26.0 Å². The smallest absolute Gasteiger partial charge is 0.313 e. The molecule has 2 amide bonds. The Kier molecular flexibility index (Phi) is 7.38. The highest BCUT2D eigenvalue weighted by molar-refractivity contribution is 7.94. The van der Waals surface area contributed by atoms with Crippen LogP contribution in [0.2, 0.25) is 0 Å². The van der Waals surface area contributed by atoms with Crippen LogP contribution in [0.1, 0.15) is 24.8 Å². The van der Waals surface area contributed by atoms with Gasteiger partial charge in [-0.1, -0.05) is 12.1 Å². The van der Waals surface area contributed by atoms with E-state index in [9.17, 15) is 18.0 Å². The number of carbonyl (C=O) groups excluding carboxylic acids is 2. The molecular weight excluding hydrogens is 512 g/mol. The summed E-state index contributed by atoms with van der Waals surface area (Å²) in [5, 5.41) is 7.09. The molecular formula is C25H28N6O4S2. The summed E-state index contributed by atoms with van der Waals surface area (Å²) in [6.07, 6.45) is 6.61. The first kappa shape index (κ1) is 25.2. The molecule has 12 heteroatoms. The number of amides is 2. The molecule has 0 aliphatic carbocycles. The summed E-state index contributed by atoms with van der Waals surface area (Å²) in [5.74, 6) is -0.527. The Morgan fingerprint density at radius 1 is 1.03 bits per heavy atom. The number of aromatic nitrogens is 2. The molecule has 4 heterocycles. The predicted octanol–water partition coefficient (Wildman–Crippen LogP) is 2.65. The molecule has 0 unspecified atom stereocenters. The van der Waals surface area contributed by atoms with Gasteiger partial charge in [-0.15, -0.1) is 11.3 Å². The van der Waals surface area contributed by atoms with Gasteiger partial charge < -0.3 is 15.5 Å². The van der Waals surface area contributed by atoms with E-state index in [4.69, 9.17) is 0 Å². The molecule has 194 valence electrons. The maximum atomic E-state index is 13.2. The molecule has 0 saturated carbocycles. The largest absolute Gasteiger partial charge is 0.348 e. The third-order valence-corrected chi connectivity index (χ3v) is 9.85. The zero-order valence-corrected chi connectivity index (χ0v) is 21.8. The number of nitrogens with one attached hydrogen (secondary N) is 2. The van der Waals surface area contributed by atoms with Crippen molar-refractivity contribution < 1.29 is 18.0 Å². The molecule has 1 fully saturated rings. The van der Waals surface area contributed by atoms with E-state index in [1.54, 1.807) is 48.1 Å². The number of hydrogen-bond acceptors (Lipinski definition) is 8. The molecule has 0 radical (unpaired) electrons. The Labute approximate surface area is 219 Å². The summed E-state index contributed by atoms with van der Waals surface area (Å²) in [7, 11) is -3.69. The topological polar surface area (TPSA) is 125 Å². The molecule has 1 aromatic carbocycles. The molecule has 2 aromatic heterocycles. The number of carbonyl (C=O) groups is 2. The summed E-state index contributed by atoms with van der Waals surface area (Å²) in [5.41, 5.74) is 1.80. The molecule has 2 N–H and O–H groups in total. The lowest BCUT2D eigenvalue weighted by atomic mass is 9.97. The van der Waals surface area contributed by atoms with Gasteiger partial charge in [-0.3, -0.25) is 13.9 Å². The van der Waals surface area contributed by atoms with Crippen LogP contribution >= 0.6 is 11.3 Å². The van der Waals surface area contributed by atoms with Gasteiger partial charge in [0.25, 0.3) is 10.0 Å². The van der Waals surface area contributed by atoms with Crippen LogP contribution in [0.3, 0.4) is 0 Å². The zero-order chi connectivity index (χ0) is 25.8. The average molecular weight is 541 g/mol. The molecule has 5 rings (SSSR count). The van der Waals surface area contributed by atoms with Crippen LogP contribution in [0, 0.1) is 5.92 Å². The van der Waals surface area contributed by atoms with Gasteiger partial charge in [0.15, 0.2) is 0 Å². The lowest BCUT2D eigenvalue weighted by Gasteiger charge is -2.31. The van der Waals surface area contributed by atoms with Gasteiger partial charge in [-0.25, -0.2) is 18.4 Å². The minimum absolute atomic E-state index is 0.261. The lowest BCUT2D eigenvalue weighted by molar-refractivity contribution is -0.136. The van der Waals surface area contributed by atoms with Crippen molar-refractivity contribution in [3.05, 3.63) is 59.7 Å². The van der Waals surface area contributed by atoms with Crippen molar-refractivity contribution in [3.8, 4) is 0 Å². The average Bonchev–Trinajstić information content (AvgIpc) is 3.48. The van der Waals surface area contributed by atoms with E-state index in [1.807, 2.05) is 6.07 Å². The lowest BCUT2D eigenvalue weighted by Crippen LogP contribution is -2.42. The molecule has 2 aliphatic rings. The van der Waals surface area contributed by atoms with E-state index in [1.165, 1.54) is 15.6 Å². The van der Waals surface area contributed by atoms with Gasteiger partial charge in [0.1, 0.15) is 4.21 Å². The summed E-state index contributed by atoms with van der Waals surface area (Å²) < 4.78 is 28.0. The van der Waals surface area contributed by atoms with E-state index in [2.05, 4.69) is 25.5 Å². The van der Waals surface area contributed by atoms with Crippen molar-refractivity contribution in [1.29, 1.82) is 0 Å². The number of piperidine rings is 1. The first-order chi connectivity index (χ1) is 17.9. The van der Waals surface area contributed by atoms with Crippen LogP contribution < -0.4 is 19.8 Å². The third kappa shape index (κ3) is 5.59. The van der Waals surface area contributed by atoms with Crippen molar-refractivity contribution in [2.45, 2.75) is 29.9 Å². The SMILES string of the molecule is O=C(NCC1CCN(c2ncccn2)CC1)C(=O)Nc1ccc2c(c1)N(S(=O)(=O)c1cccs1)CCC2. The number of fused-ring (bicyclic) bond motifs is 1. The van der Waals surface area contributed by atoms with Crippen LogP contribution in [-0.4, -0.2) is 56.4 Å². The molecule has 3 aromatic rings. The van der Waals surface area contributed by atoms with E-state index in [-0.39, 0.29) is 10.1 Å². The second kappa shape index (κ2) is 10.9. The Balaban J connectivity index is 1.17. The van der Waals surface area contributed by atoms with E-state index in [0.29, 0.717) is 36.8 Å². The molecule has 2 aliphatic heterocycles. The number of aryl methyl sites for hydroxylation is 1. The summed E-state index contributed by atoms with van der Waals surface area (Å²) in [4.78, 5) is 35.7. The summed E-state index contributed by atoms with van der Waals surface area (Å²) >= 11 is 1.17. The molecule has 37 heavy (non-hydrogen) atoms. The maximum absolute atomic E-state index is 13.2. The third-order valence-electron chi connectivity index (χ3n) is 6.67. The van der Waals surface area contributed by atoms with Crippen molar-refractivity contribution in [1.82, 2.24) is 15.3 Å². The van der Waals surface area contributed by atoms with Gasteiger partial charge >= 0.3 is 11.8 Å². The standard InChI is InChI=1S/C25H28N6O4S2/c32-23(28-17-18-8-13-30(14-9-18)25-26-10-3-11-27-25)24(33)29-20-7-6-19-4-1-12-31(21(19)16-20)37(34,35)22-5-2-15-36-22/h2-3,5-7,10-11,15-16,18H,1,4,8-9,12-14,17H2,(H,28,32)(H,29,33). The molecule has 10 nitrogen and oxygen atoms in total. The van der Waals surface area contributed by atoms with Gasteiger partial charge in [-0.2, -0.15) is 0 Å². The van der Waals surface area contributed by atoms with E-state index in [0.717, 1.165) is 37.9 Å². The highest BCUT2D eigenvalue weighted by Crippen LogP contribution is 2.35. The fourth-order valence-corrected chi connectivity index (χ4v) is 7.32. The number of sulfonamides is 1. The highest BCUT2D eigenvalue weighted by Gasteiger charge is 2.30. The quantitative estimate of drug-likeness (QED) is 0.461. The van der Waals surface area contributed by atoms with Gasteiger partial charge in [0.05, 0.1) is 5.69 Å². The van der Waals surface area contributed by atoms with Crippen molar-refractivity contribution in [2.75, 3.05) is 40.7 Å². The fourth-order valence-electron chi connectivity index (χ4n) is 4.68. The Hall–Kier alpha value is -3.51. The number of thiophene rings is 1. The molecule has 0 atom stereocenters. The zero-order valence-electron chi connectivity index (χ0n) is 20.2. The van der Waals surface area contributed by atoms with Crippen LogP contribution in [0.5, 0.6) is 0 Å². The minimum Gasteiger partial charge on any atom is -0.348 e. The molecule has 1 saturated heterocycles. The second-order valence-electron chi connectivity index (χ2n) is 9.10. The minimum atomic E-state index is -3.69. The number of nitrogens with zero attached hydrogens (tertiary/aromatic N) is 4. The first-order valence-electron chi connectivity index (χ1n) is 12.2. The highest BCUT2D eigenvalue weighted by atomic mass is 32.2. The number of anilines is 3. The summed E-state index contributed by atoms with van der Waals surface area (Å²) in [6, 6.07) is 10.2. The Morgan fingerprint density at radius 3 is 2.54 bits per heavy atom.